The number of carbonyl (C=O) groups is 1. The number of hydrogen-bond acceptors (Lipinski definition) is 5. The standard InChI is InChI=1S/C19H29NO4/c1-14-12-20(13-15(2)24-14)9-5-6-10-23-18-8-7-17(16(3)21)11-19(18)22-4/h7-8,11,14-15H,5-6,9-10,12-13H2,1-4H3/t14-,15+. The highest BCUT2D eigenvalue weighted by Gasteiger charge is 2.21. The summed E-state index contributed by atoms with van der Waals surface area (Å²) in [6.07, 6.45) is 2.70. The van der Waals surface area contributed by atoms with E-state index in [1.165, 1.54) is 0 Å². The molecular weight excluding hydrogens is 306 g/mol. The van der Waals surface area contributed by atoms with Gasteiger partial charge in [0.25, 0.3) is 0 Å². The van der Waals surface area contributed by atoms with Crippen molar-refractivity contribution in [1.82, 2.24) is 4.90 Å². The lowest BCUT2D eigenvalue weighted by atomic mass is 10.1. The van der Waals surface area contributed by atoms with Gasteiger partial charge in [-0.05, 0) is 58.4 Å². The van der Waals surface area contributed by atoms with Crippen molar-refractivity contribution >= 4 is 5.78 Å². The van der Waals surface area contributed by atoms with Crippen LogP contribution in [0, 0.1) is 0 Å². The highest BCUT2D eigenvalue weighted by Crippen LogP contribution is 2.28. The van der Waals surface area contributed by atoms with Crippen LogP contribution in [0.25, 0.3) is 0 Å². The summed E-state index contributed by atoms with van der Waals surface area (Å²) in [6, 6.07) is 5.31. The van der Waals surface area contributed by atoms with Crippen LogP contribution < -0.4 is 9.47 Å². The van der Waals surface area contributed by atoms with Crippen molar-refractivity contribution in [3.05, 3.63) is 23.8 Å². The molecule has 1 aliphatic heterocycles. The fraction of sp³-hybridized carbons (Fsp3) is 0.632. The number of morpholine rings is 1. The van der Waals surface area contributed by atoms with Crippen molar-refractivity contribution in [2.24, 2.45) is 0 Å². The topological polar surface area (TPSA) is 48.0 Å². The van der Waals surface area contributed by atoms with E-state index in [1.807, 2.05) is 0 Å². The first-order valence-electron chi connectivity index (χ1n) is 8.69. The number of ketones is 1. The van der Waals surface area contributed by atoms with Gasteiger partial charge in [0.05, 0.1) is 25.9 Å². The second-order valence-corrected chi connectivity index (χ2v) is 6.49. The van der Waals surface area contributed by atoms with E-state index >= 15 is 0 Å². The molecule has 2 rings (SSSR count). The maximum atomic E-state index is 11.4. The third kappa shape index (κ3) is 5.49. The first-order valence-corrected chi connectivity index (χ1v) is 8.69. The van der Waals surface area contributed by atoms with Gasteiger partial charge in [0.2, 0.25) is 0 Å². The molecule has 0 radical (unpaired) electrons. The van der Waals surface area contributed by atoms with Gasteiger partial charge in [0, 0.05) is 18.7 Å². The van der Waals surface area contributed by atoms with Crippen LogP contribution in [0.15, 0.2) is 18.2 Å². The van der Waals surface area contributed by atoms with Gasteiger partial charge in [-0.1, -0.05) is 0 Å². The van der Waals surface area contributed by atoms with Gasteiger partial charge in [-0.2, -0.15) is 0 Å². The largest absolute Gasteiger partial charge is 0.493 e. The van der Waals surface area contributed by atoms with Gasteiger partial charge in [-0.3, -0.25) is 9.69 Å². The minimum absolute atomic E-state index is 0.0221. The van der Waals surface area contributed by atoms with E-state index in [0.717, 1.165) is 32.5 Å². The molecule has 0 spiro atoms. The smallest absolute Gasteiger partial charge is 0.161 e. The van der Waals surface area contributed by atoms with Crippen LogP contribution in [0.3, 0.4) is 0 Å². The Balaban J connectivity index is 1.73. The molecule has 0 amide bonds. The number of Topliss-reactive ketones (excluding diaryl/α,β-unsaturated/α-hetero) is 1. The number of ether oxygens (including phenoxy) is 3. The molecule has 0 saturated carbocycles. The molecule has 5 heteroatoms. The summed E-state index contributed by atoms with van der Waals surface area (Å²) in [5, 5.41) is 0. The minimum Gasteiger partial charge on any atom is -0.493 e. The molecule has 1 aromatic carbocycles. The summed E-state index contributed by atoms with van der Waals surface area (Å²) < 4.78 is 16.9. The Kier molecular flexibility index (Phi) is 7.06. The molecule has 1 saturated heterocycles. The lowest BCUT2D eigenvalue weighted by Crippen LogP contribution is -2.45. The quantitative estimate of drug-likeness (QED) is 0.539. The van der Waals surface area contributed by atoms with Crippen molar-refractivity contribution in [1.29, 1.82) is 0 Å². The molecule has 1 heterocycles. The van der Waals surface area contributed by atoms with E-state index in [2.05, 4.69) is 18.7 Å². The Hall–Kier alpha value is -1.59. The summed E-state index contributed by atoms with van der Waals surface area (Å²) in [4.78, 5) is 13.9. The Labute approximate surface area is 144 Å². The second-order valence-electron chi connectivity index (χ2n) is 6.49. The Bertz CT molecular complexity index is 536. The minimum atomic E-state index is 0.0221. The number of hydrogen-bond donors (Lipinski definition) is 0. The van der Waals surface area contributed by atoms with Crippen LogP contribution in [0.2, 0.25) is 0 Å². The maximum absolute atomic E-state index is 11.4. The molecule has 5 nitrogen and oxygen atoms in total. The van der Waals surface area contributed by atoms with E-state index in [1.54, 1.807) is 32.2 Å². The molecule has 0 bridgehead atoms. The summed E-state index contributed by atoms with van der Waals surface area (Å²) in [7, 11) is 1.59. The average molecular weight is 335 g/mol. The number of benzene rings is 1. The van der Waals surface area contributed by atoms with Crippen LogP contribution in [-0.4, -0.2) is 56.2 Å². The zero-order chi connectivity index (χ0) is 17.5. The van der Waals surface area contributed by atoms with Crippen molar-refractivity contribution < 1.29 is 19.0 Å². The highest BCUT2D eigenvalue weighted by atomic mass is 16.5. The van der Waals surface area contributed by atoms with Gasteiger partial charge in [-0.15, -0.1) is 0 Å². The Morgan fingerprint density at radius 1 is 1.21 bits per heavy atom. The van der Waals surface area contributed by atoms with Crippen LogP contribution in [0.5, 0.6) is 11.5 Å². The van der Waals surface area contributed by atoms with Crippen molar-refractivity contribution in [3.63, 3.8) is 0 Å². The van der Waals surface area contributed by atoms with Gasteiger partial charge in [-0.25, -0.2) is 0 Å². The normalized spacial score (nSPS) is 21.5. The lowest BCUT2D eigenvalue weighted by molar-refractivity contribution is -0.0682. The van der Waals surface area contributed by atoms with Gasteiger partial charge in [0.1, 0.15) is 0 Å². The fourth-order valence-corrected chi connectivity index (χ4v) is 3.09. The zero-order valence-electron chi connectivity index (χ0n) is 15.2. The van der Waals surface area contributed by atoms with Gasteiger partial charge < -0.3 is 14.2 Å². The van der Waals surface area contributed by atoms with Crippen LogP contribution in [0.1, 0.15) is 44.0 Å². The molecular formula is C19H29NO4. The molecule has 1 aliphatic rings. The van der Waals surface area contributed by atoms with Crippen LogP contribution in [-0.2, 0) is 4.74 Å². The monoisotopic (exact) mass is 335 g/mol. The lowest BCUT2D eigenvalue weighted by Gasteiger charge is -2.35. The van der Waals surface area contributed by atoms with Crippen molar-refractivity contribution in [3.8, 4) is 11.5 Å². The fourth-order valence-electron chi connectivity index (χ4n) is 3.09. The molecule has 0 aliphatic carbocycles. The third-order valence-electron chi connectivity index (χ3n) is 4.19. The average Bonchev–Trinajstić information content (AvgIpc) is 2.53. The van der Waals surface area contributed by atoms with Crippen molar-refractivity contribution in [2.45, 2.75) is 45.8 Å². The number of nitrogens with zero attached hydrogens (tertiary/aromatic N) is 1. The predicted octanol–water partition coefficient (Wildman–Crippen LogP) is 3.17. The van der Waals surface area contributed by atoms with Crippen molar-refractivity contribution in [2.75, 3.05) is 33.4 Å². The van der Waals surface area contributed by atoms with E-state index in [9.17, 15) is 4.79 Å². The SMILES string of the molecule is COc1cc(C(C)=O)ccc1OCCCCN1C[C@@H](C)O[C@@H](C)C1. The van der Waals surface area contributed by atoms with Crippen LogP contribution >= 0.6 is 0 Å². The number of methoxy groups -OCH3 is 1. The molecule has 0 unspecified atom stereocenters. The highest BCUT2D eigenvalue weighted by molar-refractivity contribution is 5.94. The number of unbranched alkanes of at least 4 members (excludes halogenated alkanes) is 1. The molecule has 134 valence electrons. The first kappa shape index (κ1) is 18.7. The molecule has 1 aromatic rings. The third-order valence-corrected chi connectivity index (χ3v) is 4.19. The Morgan fingerprint density at radius 3 is 2.54 bits per heavy atom. The molecule has 0 aromatic heterocycles. The maximum Gasteiger partial charge on any atom is 0.161 e. The van der Waals surface area contributed by atoms with E-state index in [4.69, 9.17) is 14.2 Å². The summed E-state index contributed by atoms with van der Waals surface area (Å²) in [5.74, 6) is 1.32. The van der Waals surface area contributed by atoms with Crippen LogP contribution in [0.4, 0.5) is 0 Å². The molecule has 1 fully saturated rings. The van der Waals surface area contributed by atoms with E-state index in [-0.39, 0.29) is 5.78 Å². The van der Waals surface area contributed by atoms with E-state index < -0.39 is 0 Å². The number of carbonyl (C=O) groups excluding carboxylic acids is 1. The molecule has 0 N–H and O–H groups in total. The summed E-state index contributed by atoms with van der Waals surface area (Å²) >= 11 is 0. The van der Waals surface area contributed by atoms with Gasteiger partial charge in [0.15, 0.2) is 17.3 Å². The summed E-state index contributed by atoms with van der Waals surface area (Å²) in [5.41, 5.74) is 0.634. The summed E-state index contributed by atoms with van der Waals surface area (Å²) in [6.45, 7) is 9.53. The number of rotatable bonds is 8. The first-order chi connectivity index (χ1) is 11.5. The Morgan fingerprint density at radius 2 is 1.92 bits per heavy atom. The van der Waals surface area contributed by atoms with Gasteiger partial charge >= 0.3 is 0 Å². The van der Waals surface area contributed by atoms with E-state index in [0.29, 0.717) is 35.9 Å². The molecule has 24 heavy (non-hydrogen) atoms. The molecule has 2 atom stereocenters. The zero-order valence-corrected chi connectivity index (χ0v) is 15.2. The second kappa shape index (κ2) is 9.04. The predicted molar refractivity (Wildman–Crippen MR) is 94.2 cm³/mol.